The molecule has 2 heterocycles. The van der Waals surface area contributed by atoms with Crippen molar-refractivity contribution in [1.82, 2.24) is 14.8 Å². The summed E-state index contributed by atoms with van der Waals surface area (Å²) < 4.78 is 37.1. The van der Waals surface area contributed by atoms with Crippen molar-refractivity contribution in [1.29, 1.82) is 0 Å². The molecule has 0 bridgehead atoms. The molecule has 2 aromatic heterocycles. The predicted molar refractivity (Wildman–Crippen MR) is 148 cm³/mol. The second kappa shape index (κ2) is 11.8. The number of methoxy groups -OCH3 is 1. The summed E-state index contributed by atoms with van der Waals surface area (Å²) in [6, 6.07) is 14.7. The van der Waals surface area contributed by atoms with Gasteiger partial charge in [0.25, 0.3) is 11.5 Å². The van der Waals surface area contributed by atoms with E-state index in [2.05, 4.69) is 26.0 Å². The Hall–Kier alpha value is -4.95. The van der Waals surface area contributed by atoms with E-state index in [9.17, 15) is 22.8 Å². The van der Waals surface area contributed by atoms with Crippen molar-refractivity contribution < 1.29 is 27.5 Å². The summed E-state index contributed by atoms with van der Waals surface area (Å²) in [6.07, 6.45) is 2.40. The molecule has 40 heavy (non-hydrogen) atoms. The van der Waals surface area contributed by atoms with Crippen LogP contribution in [0.3, 0.4) is 0 Å². The summed E-state index contributed by atoms with van der Waals surface area (Å²) >= 11 is 0. The van der Waals surface area contributed by atoms with E-state index < -0.39 is 27.3 Å². The highest BCUT2D eigenvalue weighted by Gasteiger charge is 2.18. The fourth-order valence-corrected chi connectivity index (χ4v) is 4.46. The van der Waals surface area contributed by atoms with E-state index in [1.165, 1.54) is 54.4 Å². The van der Waals surface area contributed by atoms with Gasteiger partial charge in [-0.1, -0.05) is 17.7 Å². The number of H-pyrrole nitrogens is 1. The number of hydrogen-bond acceptors (Lipinski definition) is 8. The first-order valence-electron chi connectivity index (χ1n) is 11.8. The Labute approximate surface area is 229 Å². The molecule has 0 aliphatic carbocycles. The molecular formula is C26H26N6O7S. The number of nitrogens with one attached hydrogen (secondary N) is 4. The highest BCUT2D eigenvalue weighted by atomic mass is 32.2. The minimum atomic E-state index is -3.82. The van der Waals surface area contributed by atoms with Gasteiger partial charge < -0.3 is 20.1 Å². The maximum Gasteiger partial charge on any atom is 0.324 e. The number of urea groups is 1. The number of benzene rings is 2. The normalized spacial score (nSPS) is 11.1. The van der Waals surface area contributed by atoms with E-state index in [-0.39, 0.29) is 40.3 Å². The largest absolute Gasteiger partial charge is 0.457 e. The number of nitrogens with zero attached hydrogens (tertiary/aromatic N) is 2. The summed E-state index contributed by atoms with van der Waals surface area (Å²) in [5, 5.41) is 10.2. The second-order valence-electron chi connectivity index (χ2n) is 8.65. The van der Waals surface area contributed by atoms with Crippen LogP contribution in [0, 0.1) is 6.92 Å². The van der Waals surface area contributed by atoms with Gasteiger partial charge >= 0.3 is 6.03 Å². The molecule has 0 spiro atoms. The van der Waals surface area contributed by atoms with Crippen LogP contribution in [-0.2, 0) is 19.4 Å². The smallest absolute Gasteiger partial charge is 0.324 e. The Kier molecular flexibility index (Phi) is 8.31. The van der Waals surface area contributed by atoms with E-state index in [4.69, 9.17) is 9.47 Å². The van der Waals surface area contributed by atoms with Crippen LogP contribution < -0.4 is 26.2 Å². The van der Waals surface area contributed by atoms with Gasteiger partial charge in [0.05, 0.1) is 16.3 Å². The fraction of sp³-hybridized carbons (Fsp3) is 0.154. The Morgan fingerprint density at radius 3 is 2.40 bits per heavy atom. The SMILES string of the molecule is COCC(=O)Nc1cc(Oc2ccc(NC(=O)Nc3cc(=O)[nH]n3-c3ccc(C)cc3)c(S(C)(=O)=O)c2)ccn1. The van der Waals surface area contributed by atoms with Crippen molar-refractivity contribution >= 4 is 39.1 Å². The number of aromatic amines is 1. The molecule has 0 radical (unpaired) electrons. The van der Waals surface area contributed by atoms with Crippen LogP contribution >= 0.6 is 0 Å². The van der Waals surface area contributed by atoms with Crippen molar-refractivity contribution in [2.45, 2.75) is 11.8 Å². The van der Waals surface area contributed by atoms with Gasteiger partial charge in [-0.15, -0.1) is 0 Å². The van der Waals surface area contributed by atoms with Crippen molar-refractivity contribution in [2.75, 3.05) is 35.9 Å². The average Bonchev–Trinajstić information content (AvgIpc) is 3.24. The van der Waals surface area contributed by atoms with Crippen LogP contribution in [-0.4, -0.2) is 55.1 Å². The van der Waals surface area contributed by atoms with Gasteiger partial charge in [-0.05, 0) is 37.3 Å². The summed E-state index contributed by atoms with van der Waals surface area (Å²) in [4.78, 5) is 40.4. The average molecular weight is 567 g/mol. The maximum atomic E-state index is 12.8. The number of sulfone groups is 1. The van der Waals surface area contributed by atoms with Crippen molar-refractivity contribution in [3.63, 3.8) is 0 Å². The van der Waals surface area contributed by atoms with E-state index in [1.54, 1.807) is 12.1 Å². The molecule has 3 amide bonds. The first-order valence-corrected chi connectivity index (χ1v) is 13.6. The Morgan fingerprint density at radius 2 is 1.70 bits per heavy atom. The van der Waals surface area contributed by atoms with Crippen molar-refractivity contribution in [3.05, 3.63) is 82.8 Å². The molecule has 0 saturated carbocycles. The van der Waals surface area contributed by atoms with Crippen LogP contribution in [0.2, 0.25) is 0 Å². The zero-order chi connectivity index (χ0) is 28.9. The zero-order valence-corrected chi connectivity index (χ0v) is 22.5. The number of carbonyl (C=O) groups excluding carboxylic acids is 2. The number of anilines is 3. The maximum absolute atomic E-state index is 12.8. The van der Waals surface area contributed by atoms with Crippen LogP contribution in [0.1, 0.15) is 5.56 Å². The van der Waals surface area contributed by atoms with E-state index in [1.807, 2.05) is 19.1 Å². The third-order valence-electron chi connectivity index (χ3n) is 5.38. The van der Waals surface area contributed by atoms with Crippen LogP contribution in [0.25, 0.3) is 5.69 Å². The third-order valence-corrected chi connectivity index (χ3v) is 6.51. The summed E-state index contributed by atoms with van der Waals surface area (Å²) in [7, 11) is -2.43. The van der Waals surface area contributed by atoms with Gasteiger partial charge in [0, 0.05) is 37.8 Å². The number of aryl methyl sites for hydroxylation is 1. The van der Waals surface area contributed by atoms with Gasteiger partial charge in [-0.2, -0.15) is 0 Å². The molecule has 14 heteroatoms. The first kappa shape index (κ1) is 28.1. The van der Waals surface area contributed by atoms with Crippen LogP contribution in [0.5, 0.6) is 11.5 Å². The number of pyridine rings is 1. The highest BCUT2D eigenvalue weighted by Crippen LogP contribution is 2.30. The lowest BCUT2D eigenvalue weighted by Gasteiger charge is -2.14. The standard InChI is InChI=1S/C26H26N6O7S/c1-16-4-6-17(7-5-16)32-23(14-24(33)31-32)30-26(35)28-20-9-8-18(12-21(20)40(3,36)37)39-19-10-11-27-22(13-19)29-25(34)15-38-2/h4-14H,15H2,1-3H3,(H,31,33)(H,27,29,34)(H2,28,30,35). The summed E-state index contributed by atoms with van der Waals surface area (Å²) in [5.41, 5.74) is 1.18. The Balaban J connectivity index is 1.53. The number of aromatic nitrogens is 3. The molecule has 4 rings (SSSR count). The minimum Gasteiger partial charge on any atom is -0.457 e. The lowest BCUT2D eigenvalue weighted by Crippen LogP contribution is -2.22. The summed E-state index contributed by atoms with van der Waals surface area (Å²) in [6.45, 7) is 1.77. The molecule has 13 nitrogen and oxygen atoms in total. The zero-order valence-electron chi connectivity index (χ0n) is 21.7. The van der Waals surface area contributed by atoms with Gasteiger partial charge in [0.15, 0.2) is 9.84 Å². The number of carbonyl (C=O) groups is 2. The number of ether oxygens (including phenoxy) is 2. The molecule has 4 aromatic rings. The minimum absolute atomic E-state index is 0.00522. The van der Waals surface area contributed by atoms with Crippen molar-refractivity contribution in [2.24, 2.45) is 0 Å². The fourth-order valence-electron chi connectivity index (χ4n) is 3.62. The molecular weight excluding hydrogens is 540 g/mol. The number of amides is 3. The van der Waals surface area contributed by atoms with Crippen LogP contribution in [0.4, 0.5) is 22.1 Å². The van der Waals surface area contributed by atoms with Crippen LogP contribution in [0.15, 0.2) is 76.6 Å². The van der Waals surface area contributed by atoms with Gasteiger partial charge in [-0.3, -0.25) is 20.0 Å². The molecule has 2 aromatic carbocycles. The third kappa shape index (κ3) is 7.12. The van der Waals surface area contributed by atoms with Gasteiger partial charge in [0.1, 0.15) is 29.7 Å². The first-order chi connectivity index (χ1) is 19.0. The molecule has 0 unspecified atom stereocenters. The molecule has 208 valence electrons. The number of rotatable bonds is 9. The quantitative estimate of drug-likeness (QED) is 0.239. The molecule has 4 N–H and O–H groups in total. The monoisotopic (exact) mass is 566 g/mol. The molecule has 0 saturated heterocycles. The molecule has 0 fully saturated rings. The lowest BCUT2D eigenvalue weighted by atomic mass is 10.2. The van der Waals surface area contributed by atoms with E-state index >= 15 is 0 Å². The molecule has 0 aliphatic rings. The Bertz CT molecular complexity index is 1710. The van der Waals surface area contributed by atoms with Gasteiger partial charge in [0.2, 0.25) is 0 Å². The predicted octanol–water partition coefficient (Wildman–Crippen LogP) is 3.29. The Morgan fingerprint density at radius 1 is 0.975 bits per heavy atom. The molecule has 0 aliphatic heterocycles. The highest BCUT2D eigenvalue weighted by molar-refractivity contribution is 7.90. The van der Waals surface area contributed by atoms with Crippen molar-refractivity contribution in [3.8, 4) is 17.2 Å². The van der Waals surface area contributed by atoms with E-state index in [0.29, 0.717) is 5.69 Å². The second-order valence-corrected chi connectivity index (χ2v) is 10.6. The molecule has 0 atom stereocenters. The number of hydrogen-bond donors (Lipinski definition) is 4. The van der Waals surface area contributed by atoms with E-state index in [0.717, 1.165) is 11.8 Å². The summed E-state index contributed by atoms with van der Waals surface area (Å²) in [5.74, 6) is 0.397. The van der Waals surface area contributed by atoms with Gasteiger partial charge in [-0.25, -0.2) is 22.9 Å². The topological polar surface area (TPSA) is 174 Å². The lowest BCUT2D eigenvalue weighted by molar-refractivity contribution is -0.119.